The molecule has 0 bridgehead atoms. The molecule has 1 fully saturated rings. The second kappa shape index (κ2) is 8.04. The molecule has 148 valence electrons. The van der Waals surface area contributed by atoms with Crippen LogP contribution in [0, 0.1) is 0 Å². The number of hydrogen-bond acceptors (Lipinski definition) is 5. The number of nitrogens with one attached hydrogen (secondary N) is 1. The molecule has 28 heavy (non-hydrogen) atoms. The van der Waals surface area contributed by atoms with Crippen molar-refractivity contribution in [2.45, 2.75) is 32.7 Å². The zero-order chi connectivity index (χ0) is 19.5. The van der Waals surface area contributed by atoms with Gasteiger partial charge in [-0.1, -0.05) is 32.0 Å². The van der Waals surface area contributed by atoms with Gasteiger partial charge in [0.15, 0.2) is 0 Å². The molecule has 7 nitrogen and oxygen atoms in total. The van der Waals surface area contributed by atoms with Crippen molar-refractivity contribution >= 4 is 23.9 Å². The Hall–Kier alpha value is -2.83. The summed E-state index contributed by atoms with van der Waals surface area (Å²) in [5.74, 6) is 1.95. The topological polar surface area (TPSA) is 63.5 Å². The summed E-state index contributed by atoms with van der Waals surface area (Å²) in [7, 11) is 0. The highest BCUT2D eigenvalue weighted by atomic mass is 16.2. The molecule has 0 saturated carbocycles. The number of piperazine rings is 1. The molecule has 1 aromatic rings. The van der Waals surface area contributed by atoms with Crippen molar-refractivity contribution in [3.05, 3.63) is 41.7 Å². The number of amides is 2. The quantitative estimate of drug-likeness (QED) is 0.874. The van der Waals surface area contributed by atoms with Gasteiger partial charge in [0.1, 0.15) is 11.7 Å². The van der Waals surface area contributed by atoms with Gasteiger partial charge >= 0.3 is 6.03 Å². The van der Waals surface area contributed by atoms with Gasteiger partial charge < -0.3 is 20.0 Å². The lowest BCUT2D eigenvalue weighted by Crippen LogP contribution is -2.50. The lowest BCUT2D eigenvalue weighted by Gasteiger charge is -2.36. The number of anilines is 1. The third-order valence-corrected chi connectivity index (χ3v) is 5.61. The van der Waals surface area contributed by atoms with Crippen LogP contribution in [0.3, 0.4) is 0 Å². The number of benzene rings is 1. The fourth-order valence-electron chi connectivity index (χ4n) is 3.81. The van der Waals surface area contributed by atoms with Crippen LogP contribution in [0.4, 0.5) is 10.5 Å². The number of amidine groups is 1. The summed E-state index contributed by atoms with van der Waals surface area (Å²) in [6.07, 6.45) is 5.91. The summed E-state index contributed by atoms with van der Waals surface area (Å²) >= 11 is 0. The predicted octanol–water partition coefficient (Wildman–Crippen LogP) is 2.77. The average Bonchev–Trinajstić information content (AvgIpc) is 3.16. The molecule has 1 unspecified atom stereocenters. The average molecular weight is 380 g/mol. The van der Waals surface area contributed by atoms with E-state index in [9.17, 15) is 4.79 Å². The van der Waals surface area contributed by atoms with E-state index >= 15 is 0 Å². The zero-order valence-corrected chi connectivity index (χ0v) is 16.6. The van der Waals surface area contributed by atoms with E-state index in [1.165, 1.54) is 0 Å². The molecule has 0 radical (unpaired) electrons. The van der Waals surface area contributed by atoms with Crippen molar-refractivity contribution < 1.29 is 4.79 Å². The van der Waals surface area contributed by atoms with Crippen LogP contribution in [0.5, 0.6) is 0 Å². The lowest BCUT2D eigenvalue weighted by molar-refractivity contribution is 0.167. The highest BCUT2D eigenvalue weighted by Crippen LogP contribution is 2.20. The fraction of sp³-hybridized carbons (Fsp3) is 0.476. The minimum Gasteiger partial charge on any atom is -0.353 e. The van der Waals surface area contributed by atoms with E-state index in [-0.39, 0.29) is 6.03 Å². The van der Waals surface area contributed by atoms with Crippen LogP contribution in [-0.4, -0.2) is 71.7 Å². The Morgan fingerprint density at radius 1 is 1.18 bits per heavy atom. The van der Waals surface area contributed by atoms with Gasteiger partial charge in [-0.2, -0.15) is 0 Å². The number of para-hydroxylation sites is 1. The first kappa shape index (κ1) is 18.5. The number of fused-ring (bicyclic) bond motifs is 1. The molecule has 7 heteroatoms. The smallest absolute Gasteiger partial charge is 0.321 e. The van der Waals surface area contributed by atoms with E-state index in [4.69, 9.17) is 4.99 Å². The molecule has 3 aliphatic rings. The highest BCUT2D eigenvalue weighted by molar-refractivity contribution is 6.03. The van der Waals surface area contributed by atoms with E-state index in [2.05, 4.69) is 46.1 Å². The molecule has 2 amide bonds. The van der Waals surface area contributed by atoms with Crippen molar-refractivity contribution in [1.82, 2.24) is 14.7 Å². The first-order valence-corrected chi connectivity index (χ1v) is 10.2. The molecule has 1 atom stereocenters. The van der Waals surface area contributed by atoms with Crippen molar-refractivity contribution in [3.63, 3.8) is 0 Å². The van der Waals surface area contributed by atoms with Crippen LogP contribution in [0.2, 0.25) is 0 Å². The normalized spacial score (nSPS) is 21.4. The van der Waals surface area contributed by atoms with Gasteiger partial charge in [0.2, 0.25) is 0 Å². The number of hydrogen-bond donors (Lipinski definition) is 1. The second-order valence-corrected chi connectivity index (χ2v) is 7.36. The maximum absolute atomic E-state index is 12.7. The molecule has 3 aliphatic heterocycles. The Morgan fingerprint density at radius 2 is 1.96 bits per heavy atom. The minimum atomic E-state index is -0.0289. The van der Waals surface area contributed by atoms with Crippen molar-refractivity contribution in [1.29, 1.82) is 0 Å². The molecular weight excluding hydrogens is 352 g/mol. The summed E-state index contributed by atoms with van der Waals surface area (Å²) < 4.78 is 0. The largest absolute Gasteiger partial charge is 0.353 e. The molecule has 3 heterocycles. The van der Waals surface area contributed by atoms with E-state index in [0.717, 1.165) is 55.4 Å². The Labute approximate surface area is 166 Å². The van der Waals surface area contributed by atoms with Gasteiger partial charge in [-0.05, 0) is 24.5 Å². The lowest BCUT2D eigenvalue weighted by atomic mass is 10.1. The number of carbonyl (C=O) groups is 1. The molecule has 0 aromatic heterocycles. The summed E-state index contributed by atoms with van der Waals surface area (Å²) in [6.45, 7) is 8.10. The van der Waals surface area contributed by atoms with Crippen molar-refractivity contribution in [3.8, 4) is 0 Å². The fourth-order valence-corrected chi connectivity index (χ4v) is 3.81. The molecule has 0 spiro atoms. The molecule has 1 N–H and O–H groups in total. The van der Waals surface area contributed by atoms with Crippen LogP contribution in [0.15, 0.2) is 46.1 Å². The molecule has 1 aromatic carbocycles. The Balaban J connectivity index is 1.35. The summed E-state index contributed by atoms with van der Waals surface area (Å²) in [5, 5.41) is 3.07. The molecule has 4 rings (SSSR count). The molecule has 0 aliphatic carbocycles. The van der Waals surface area contributed by atoms with Crippen molar-refractivity contribution in [2.75, 3.05) is 38.0 Å². The van der Waals surface area contributed by atoms with Gasteiger partial charge in [-0.3, -0.25) is 4.99 Å². The maximum Gasteiger partial charge on any atom is 0.321 e. The highest BCUT2D eigenvalue weighted by Gasteiger charge is 2.28. The van der Waals surface area contributed by atoms with E-state index in [1.54, 1.807) is 0 Å². The van der Waals surface area contributed by atoms with Crippen LogP contribution in [0.1, 0.15) is 25.8 Å². The number of nitrogens with zero attached hydrogens (tertiary/aromatic N) is 5. The Morgan fingerprint density at radius 3 is 2.71 bits per heavy atom. The summed E-state index contributed by atoms with van der Waals surface area (Å²) in [6, 6.07) is 8.32. The third-order valence-electron chi connectivity index (χ3n) is 5.61. The number of aliphatic imine (C=N–C) groups is 2. The summed E-state index contributed by atoms with van der Waals surface area (Å²) in [4.78, 5) is 28.3. The van der Waals surface area contributed by atoms with E-state index in [1.807, 2.05) is 29.4 Å². The SMILES string of the molecule is CCc1ccccc1NC(=O)N1CCN(C2=CC3=NC(CC)CN3C=N2)CC1. The number of carbonyl (C=O) groups excluding carboxylic acids is 1. The van der Waals surface area contributed by atoms with Crippen LogP contribution in [0.25, 0.3) is 0 Å². The van der Waals surface area contributed by atoms with Gasteiger partial charge in [0.05, 0.1) is 12.4 Å². The monoisotopic (exact) mass is 380 g/mol. The second-order valence-electron chi connectivity index (χ2n) is 7.36. The molecular formula is C21H28N6O. The van der Waals surface area contributed by atoms with Crippen molar-refractivity contribution in [2.24, 2.45) is 9.98 Å². The van der Waals surface area contributed by atoms with E-state index in [0.29, 0.717) is 19.1 Å². The van der Waals surface area contributed by atoms with Gasteiger partial charge in [0, 0.05) is 44.5 Å². The van der Waals surface area contributed by atoms with Crippen LogP contribution < -0.4 is 5.32 Å². The Kier molecular flexibility index (Phi) is 5.32. The predicted molar refractivity (Wildman–Crippen MR) is 113 cm³/mol. The van der Waals surface area contributed by atoms with Gasteiger partial charge in [0.25, 0.3) is 0 Å². The number of rotatable bonds is 4. The number of urea groups is 1. The van der Waals surface area contributed by atoms with E-state index < -0.39 is 0 Å². The zero-order valence-electron chi connectivity index (χ0n) is 16.6. The van der Waals surface area contributed by atoms with Crippen LogP contribution >= 0.6 is 0 Å². The standard InChI is InChI=1S/C21H28N6O/c1-3-16-7-5-6-8-18(16)24-21(28)26-11-9-25(10-12-26)19-13-20-23-17(4-2)14-27(20)15-22-19/h5-8,13,15,17H,3-4,9-12,14H2,1-2H3,(H,24,28). The number of aryl methyl sites for hydroxylation is 1. The first-order chi connectivity index (χ1) is 13.7. The first-order valence-electron chi connectivity index (χ1n) is 10.2. The maximum atomic E-state index is 12.7. The van der Waals surface area contributed by atoms with Gasteiger partial charge in [-0.15, -0.1) is 0 Å². The Bertz CT molecular complexity index is 822. The third kappa shape index (κ3) is 3.74. The van der Waals surface area contributed by atoms with Crippen LogP contribution in [-0.2, 0) is 6.42 Å². The summed E-state index contributed by atoms with van der Waals surface area (Å²) in [5.41, 5.74) is 2.06. The minimum absolute atomic E-state index is 0.0289. The van der Waals surface area contributed by atoms with Gasteiger partial charge in [-0.25, -0.2) is 9.79 Å². The molecule has 1 saturated heterocycles.